The molecule has 3 rings (SSSR count). The number of fused-ring (bicyclic) bond motifs is 1. The molecule has 26 heavy (non-hydrogen) atoms. The summed E-state index contributed by atoms with van der Waals surface area (Å²) in [6, 6.07) is 5.08. The highest BCUT2D eigenvalue weighted by Gasteiger charge is 2.42. The Bertz CT molecular complexity index is 852. The minimum atomic E-state index is -4.07. The summed E-state index contributed by atoms with van der Waals surface area (Å²) < 4.78 is 25.3. The van der Waals surface area contributed by atoms with Gasteiger partial charge in [-0.05, 0) is 30.9 Å². The number of rotatable bonds is 3. The van der Waals surface area contributed by atoms with Gasteiger partial charge >= 0.3 is 6.03 Å². The normalized spacial score (nSPS) is 24.0. The molecule has 0 unspecified atom stereocenters. The first-order valence-electron chi connectivity index (χ1n) is 8.57. The number of sulfonamides is 1. The highest BCUT2D eigenvalue weighted by Crippen LogP contribution is 2.29. The molecule has 1 aromatic carbocycles. The Morgan fingerprint density at radius 1 is 1.19 bits per heavy atom. The molecule has 1 aromatic rings. The quantitative estimate of drug-likeness (QED) is 0.820. The largest absolute Gasteiger partial charge is 0.335 e. The van der Waals surface area contributed by atoms with Gasteiger partial charge in [0, 0.05) is 6.04 Å². The van der Waals surface area contributed by atoms with Crippen LogP contribution in [0.4, 0.5) is 4.79 Å². The lowest BCUT2D eigenvalue weighted by molar-refractivity contribution is -0.120. The van der Waals surface area contributed by atoms with Crippen molar-refractivity contribution in [3.8, 4) is 0 Å². The van der Waals surface area contributed by atoms with Crippen molar-refractivity contribution in [1.82, 2.24) is 14.9 Å². The maximum Gasteiger partial charge on any atom is 0.321 e. The number of nitrogens with one attached hydrogen (secondary N) is 2. The van der Waals surface area contributed by atoms with E-state index in [1.807, 2.05) is 6.92 Å². The molecule has 1 fully saturated rings. The smallest absolute Gasteiger partial charge is 0.321 e. The summed E-state index contributed by atoms with van der Waals surface area (Å²) in [6.07, 6.45) is 3.99. The lowest BCUT2D eigenvalue weighted by Gasteiger charge is -2.29. The standard InChI is InChI=1S/C17H21N3O5S/c1-11-6-2-4-8-13(11)18-17(23)19-15(21)10-20-16(22)12-7-3-5-9-14(12)26(20,24)25/h3,5,7,9,11,13H,2,4,6,8,10H2,1H3,(H2,18,19,21,23)/t11-,13+/m1/s1. The number of amides is 4. The first kappa shape index (κ1) is 18.4. The number of hydrogen-bond acceptors (Lipinski definition) is 5. The molecule has 9 heteroatoms. The van der Waals surface area contributed by atoms with E-state index in [9.17, 15) is 22.8 Å². The Morgan fingerprint density at radius 2 is 1.88 bits per heavy atom. The third-order valence-electron chi connectivity index (χ3n) is 4.88. The van der Waals surface area contributed by atoms with Crippen LogP contribution in [0.15, 0.2) is 29.2 Å². The monoisotopic (exact) mass is 379 g/mol. The molecule has 0 bridgehead atoms. The van der Waals surface area contributed by atoms with Crippen LogP contribution in [0.2, 0.25) is 0 Å². The zero-order chi connectivity index (χ0) is 18.9. The highest BCUT2D eigenvalue weighted by molar-refractivity contribution is 7.90. The predicted molar refractivity (Wildman–Crippen MR) is 92.8 cm³/mol. The maximum atomic E-state index is 12.4. The molecule has 0 saturated heterocycles. The van der Waals surface area contributed by atoms with Gasteiger partial charge in [-0.15, -0.1) is 0 Å². The molecule has 140 valence electrons. The maximum absolute atomic E-state index is 12.4. The lowest BCUT2D eigenvalue weighted by atomic mass is 9.86. The van der Waals surface area contributed by atoms with Crippen molar-refractivity contribution < 1.29 is 22.8 Å². The lowest BCUT2D eigenvalue weighted by Crippen LogP contribution is -2.50. The summed E-state index contributed by atoms with van der Waals surface area (Å²) in [4.78, 5) is 36.2. The molecule has 2 atom stereocenters. The van der Waals surface area contributed by atoms with Gasteiger partial charge in [-0.1, -0.05) is 31.9 Å². The molecule has 1 aliphatic carbocycles. The van der Waals surface area contributed by atoms with Crippen molar-refractivity contribution >= 4 is 27.9 Å². The fraction of sp³-hybridized carbons (Fsp3) is 0.471. The van der Waals surface area contributed by atoms with Crippen LogP contribution < -0.4 is 10.6 Å². The average molecular weight is 379 g/mol. The van der Waals surface area contributed by atoms with Gasteiger partial charge in [-0.3, -0.25) is 14.9 Å². The van der Waals surface area contributed by atoms with Crippen molar-refractivity contribution in [3.63, 3.8) is 0 Å². The summed E-state index contributed by atoms with van der Waals surface area (Å²) >= 11 is 0. The third kappa shape index (κ3) is 3.44. The van der Waals surface area contributed by atoms with Crippen LogP contribution >= 0.6 is 0 Å². The minimum Gasteiger partial charge on any atom is -0.335 e. The second-order valence-electron chi connectivity index (χ2n) is 6.70. The fourth-order valence-corrected chi connectivity index (χ4v) is 4.94. The molecule has 2 aliphatic rings. The predicted octanol–water partition coefficient (Wildman–Crippen LogP) is 1.24. The zero-order valence-corrected chi connectivity index (χ0v) is 15.2. The van der Waals surface area contributed by atoms with Gasteiger partial charge < -0.3 is 5.32 Å². The molecule has 0 radical (unpaired) electrons. The van der Waals surface area contributed by atoms with E-state index < -0.39 is 34.4 Å². The summed E-state index contributed by atoms with van der Waals surface area (Å²) in [5.74, 6) is -1.30. The number of imide groups is 1. The van der Waals surface area contributed by atoms with Crippen molar-refractivity contribution in [2.75, 3.05) is 6.54 Å². The van der Waals surface area contributed by atoms with E-state index in [1.165, 1.54) is 18.2 Å². The van der Waals surface area contributed by atoms with E-state index in [4.69, 9.17) is 0 Å². The SMILES string of the molecule is C[C@@H]1CCCC[C@@H]1NC(=O)NC(=O)CN1C(=O)c2ccccc2S1(=O)=O. The molecule has 8 nitrogen and oxygen atoms in total. The summed E-state index contributed by atoms with van der Waals surface area (Å²) in [7, 11) is -4.07. The second-order valence-corrected chi connectivity index (χ2v) is 8.53. The van der Waals surface area contributed by atoms with Gasteiger partial charge in [-0.25, -0.2) is 17.5 Å². The van der Waals surface area contributed by atoms with E-state index in [0.29, 0.717) is 10.2 Å². The zero-order valence-electron chi connectivity index (χ0n) is 14.4. The molecule has 2 N–H and O–H groups in total. The van der Waals surface area contributed by atoms with Crippen LogP contribution in [-0.2, 0) is 14.8 Å². The summed E-state index contributed by atoms with van der Waals surface area (Å²) in [5, 5.41) is 4.86. The summed E-state index contributed by atoms with van der Waals surface area (Å²) in [5.41, 5.74) is 0.0285. The molecule has 4 amide bonds. The van der Waals surface area contributed by atoms with Crippen LogP contribution in [-0.4, -0.2) is 43.2 Å². The number of hydrogen-bond donors (Lipinski definition) is 2. The van der Waals surface area contributed by atoms with Gasteiger partial charge in [0.15, 0.2) is 0 Å². The summed E-state index contributed by atoms with van der Waals surface area (Å²) in [6.45, 7) is 1.31. The molecular formula is C17H21N3O5S. The average Bonchev–Trinajstić information content (AvgIpc) is 2.78. The number of nitrogens with zero attached hydrogens (tertiary/aromatic N) is 1. The first-order valence-corrected chi connectivity index (χ1v) is 10.0. The Balaban J connectivity index is 1.62. The van der Waals surface area contributed by atoms with E-state index in [-0.39, 0.29) is 16.5 Å². The Hall–Kier alpha value is -2.42. The number of carbonyl (C=O) groups is 3. The van der Waals surface area contributed by atoms with Crippen LogP contribution in [0, 0.1) is 5.92 Å². The minimum absolute atomic E-state index is 0.0158. The Morgan fingerprint density at radius 3 is 2.58 bits per heavy atom. The number of urea groups is 1. The topological polar surface area (TPSA) is 113 Å². The van der Waals surface area contributed by atoms with Gasteiger partial charge in [0.05, 0.1) is 5.56 Å². The fourth-order valence-electron chi connectivity index (χ4n) is 3.42. The van der Waals surface area contributed by atoms with Crippen LogP contribution in [0.1, 0.15) is 43.0 Å². The first-order chi connectivity index (χ1) is 12.3. The van der Waals surface area contributed by atoms with E-state index in [2.05, 4.69) is 10.6 Å². The molecule has 1 saturated carbocycles. The number of benzene rings is 1. The van der Waals surface area contributed by atoms with Gasteiger partial charge in [0.1, 0.15) is 11.4 Å². The van der Waals surface area contributed by atoms with Crippen LogP contribution in [0.25, 0.3) is 0 Å². The van der Waals surface area contributed by atoms with Gasteiger partial charge in [0.25, 0.3) is 15.9 Å². The molecule has 1 heterocycles. The van der Waals surface area contributed by atoms with Gasteiger partial charge in [-0.2, -0.15) is 0 Å². The van der Waals surface area contributed by atoms with Gasteiger partial charge in [0.2, 0.25) is 5.91 Å². The van der Waals surface area contributed by atoms with Crippen LogP contribution in [0.5, 0.6) is 0 Å². The molecule has 0 spiro atoms. The molecule has 1 aliphatic heterocycles. The van der Waals surface area contributed by atoms with E-state index in [1.54, 1.807) is 6.07 Å². The van der Waals surface area contributed by atoms with E-state index in [0.717, 1.165) is 25.7 Å². The van der Waals surface area contributed by atoms with Crippen molar-refractivity contribution in [2.24, 2.45) is 5.92 Å². The second kappa shape index (κ2) is 7.06. The highest BCUT2D eigenvalue weighted by atomic mass is 32.2. The molecular weight excluding hydrogens is 358 g/mol. The Kier molecular flexibility index (Phi) is 4.99. The van der Waals surface area contributed by atoms with Crippen LogP contribution in [0.3, 0.4) is 0 Å². The Labute approximate surface area is 152 Å². The van der Waals surface area contributed by atoms with Crippen molar-refractivity contribution in [1.29, 1.82) is 0 Å². The van der Waals surface area contributed by atoms with Crippen molar-refractivity contribution in [2.45, 2.75) is 43.5 Å². The number of carbonyl (C=O) groups excluding carboxylic acids is 3. The van der Waals surface area contributed by atoms with E-state index >= 15 is 0 Å². The van der Waals surface area contributed by atoms with Crippen molar-refractivity contribution in [3.05, 3.63) is 29.8 Å². The third-order valence-corrected chi connectivity index (χ3v) is 6.67. The molecule has 0 aromatic heterocycles.